The minimum absolute atomic E-state index is 0. The topological polar surface area (TPSA) is 288 Å². The zero-order valence-corrected chi connectivity index (χ0v) is 64.0. The number of furan rings is 3. The number of Topliss-reactive ketones (excluding diaryl/α,β-unsaturated/α-hetero) is 3. The number of hydrogen-bond donors (Lipinski definition) is 3. The van der Waals surface area contributed by atoms with E-state index in [-0.39, 0.29) is 161 Å². The molecule has 0 spiro atoms. The summed E-state index contributed by atoms with van der Waals surface area (Å²) in [6.45, 7) is 4.51. The fourth-order valence-corrected chi connectivity index (χ4v) is 12.8. The first-order chi connectivity index (χ1) is 56.7. The highest BCUT2D eigenvalue weighted by Gasteiger charge is 2.35. The summed E-state index contributed by atoms with van der Waals surface area (Å²) in [5, 5.41) is 35.0. The molecule has 121 heavy (non-hydrogen) atoms. The zero-order valence-electron chi connectivity index (χ0n) is 64.0. The maximum Gasteiger partial charge on any atom is 0.389 e. The van der Waals surface area contributed by atoms with Gasteiger partial charge in [-0.3, -0.25) is 28.8 Å². The molecule has 0 aliphatic rings. The number of ketones is 3. The monoisotopic (exact) mass is 1680 g/mol. The lowest BCUT2D eigenvalue weighted by molar-refractivity contribution is -0.135. The lowest BCUT2D eigenvalue weighted by atomic mass is 9.94. The third kappa shape index (κ3) is 22.0. The summed E-state index contributed by atoms with van der Waals surface area (Å²) in [6.07, 6.45) is -19.7. The molecule has 0 saturated heterocycles. The third-order valence-electron chi connectivity index (χ3n) is 18.8. The van der Waals surface area contributed by atoms with Gasteiger partial charge in [0.15, 0.2) is 17.3 Å². The SMILES string of the molecule is C.CNC(=O)c1c(-c2ccc(F)cc2)oc2nc(CCC(F)(F)F)c(-c3ccc(F)c(C(=O)CC(C)C#N)c3)cc12.CNC(=O)c1c(-c2ccc(F)cc2)oc2nc(CCC(F)(F)F)c(-c3ccc(F)c(C(=O)CC(C)C#N)c3)cc12.CNC(=O)c1c(-c2ccc(F)cc2)oc2nc(CCC(F)(F)F)c(-c3ccc(F)c(C(=O)CC(C)C#N)c3)cc12. The van der Waals surface area contributed by atoms with E-state index in [1.807, 2.05) is 18.2 Å². The van der Waals surface area contributed by atoms with Crippen molar-refractivity contribution >= 4 is 68.4 Å². The number of nitrogens with zero attached hydrogens (tertiary/aromatic N) is 6. The van der Waals surface area contributed by atoms with Gasteiger partial charge in [-0.25, -0.2) is 41.3 Å². The van der Waals surface area contributed by atoms with Crippen molar-refractivity contribution in [1.29, 1.82) is 15.8 Å². The Labute approximate surface area is 680 Å². The number of nitriles is 3. The first-order valence-electron chi connectivity index (χ1n) is 36.5. The molecule has 6 heterocycles. The maximum atomic E-state index is 14.6. The molecule has 12 rings (SSSR count). The molecule has 0 saturated carbocycles. The molecule has 3 N–H and O–H groups in total. The Hall–Kier alpha value is -13.8. The molecule has 3 amide bonds. The Morgan fingerprint density at radius 3 is 0.793 bits per heavy atom. The van der Waals surface area contributed by atoms with Crippen LogP contribution in [0, 0.1) is 86.7 Å². The smallest absolute Gasteiger partial charge is 0.389 e. The quantitative estimate of drug-likeness (QED) is 0.0374. The van der Waals surface area contributed by atoms with E-state index in [0.29, 0.717) is 16.7 Å². The number of hydrogen-bond acceptors (Lipinski definition) is 15. The molecule has 0 bridgehead atoms. The molecule has 3 atom stereocenters. The molecule has 626 valence electrons. The number of carbonyl (C=O) groups excluding carboxylic acids is 6. The van der Waals surface area contributed by atoms with Crippen LogP contribution in [0.15, 0.2) is 159 Å². The summed E-state index contributed by atoms with van der Waals surface area (Å²) in [5.41, 5.74) is 0.496. The number of benzene rings is 6. The van der Waals surface area contributed by atoms with Crippen LogP contribution in [0.2, 0.25) is 0 Å². The Morgan fingerprint density at radius 1 is 0.364 bits per heavy atom. The normalized spacial score (nSPS) is 12.1. The van der Waals surface area contributed by atoms with Crippen LogP contribution in [-0.2, 0) is 19.3 Å². The highest BCUT2D eigenvalue weighted by molar-refractivity contribution is 6.14. The number of aromatic nitrogens is 3. The van der Waals surface area contributed by atoms with Crippen LogP contribution in [0.3, 0.4) is 0 Å². The summed E-state index contributed by atoms with van der Waals surface area (Å²) in [6, 6.07) is 35.7. The van der Waals surface area contributed by atoms with E-state index in [1.165, 1.54) is 133 Å². The van der Waals surface area contributed by atoms with Gasteiger partial charge in [0.2, 0.25) is 17.1 Å². The maximum absolute atomic E-state index is 14.6. The number of carbonyl (C=O) groups is 6. The van der Waals surface area contributed by atoms with Crippen molar-refractivity contribution in [2.24, 2.45) is 17.8 Å². The van der Waals surface area contributed by atoms with Gasteiger partial charge in [0.1, 0.15) is 52.2 Å². The lowest BCUT2D eigenvalue weighted by Gasteiger charge is -2.13. The number of alkyl halides is 9. The van der Waals surface area contributed by atoms with Crippen molar-refractivity contribution in [1.82, 2.24) is 30.9 Å². The summed E-state index contributed by atoms with van der Waals surface area (Å²) >= 11 is 0. The average Bonchev–Trinajstić information content (AvgIpc) is 1.51. The molecule has 12 aromatic rings. The lowest BCUT2D eigenvalue weighted by Crippen LogP contribution is -2.18. The largest absolute Gasteiger partial charge is 0.437 e. The minimum Gasteiger partial charge on any atom is -0.437 e. The zero-order chi connectivity index (χ0) is 87.6. The molecule has 18 nitrogen and oxygen atoms in total. The van der Waals surface area contributed by atoms with Gasteiger partial charge >= 0.3 is 18.5 Å². The van der Waals surface area contributed by atoms with Gasteiger partial charge in [0.25, 0.3) is 17.7 Å². The van der Waals surface area contributed by atoms with Gasteiger partial charge in [-0.05, 0) is 184 Å². The van der Waals surface area contributed by atoms with Crippen LogP contribution in [-0.4, -0.2) is 89.7 Å². The van der Waals surface area contributed by atoms with Gasteiger partial charge in [-0.15, -0.1) is 0 Å². The predicted molar refractivity (Wildman–Crippen MR) is 416 cm³/mol. The number of fused-ring (bicyclic) bond motifs is 3. The van der Waals surface area contributed by atoms with E-state index in [0.717, 1.165) is 54.6 Å². The first-order valence-corrected chi connectivity index (χ1v) is 36.5. The highest BCUT2D eigenvalue weighted by atomic mass is 19.4. The van der Waals surface area contributed by atoms with Crippen LogP contribution in [0.1, 0.15) is 146 Å². The predicted octanol–water partition coefficient (Wildman–Crippen LogP) is 21.7. The van der Waals surface area contributed by atoms with Crippen molar-refractivity contribution in [2.75, 3.05) is 21.1 Å². The van der Waals surface area contributed by atoms with Crippen molar-refractivity contribution in [3.8, 4) is 85.6 Å². The number of halogens is 15. The summed E-state index contributed by atoms with van der Waals surface area (Å²) in [4.78, 5) is 89.8. The molecular weight excluding hydrogens is 1610 g/mol. The fraction of sp³-hybridized carbons (Fsp3) is 0.250. The van der Waals surface area contributed by atoms with Crippen LogP contribution < -0.4 is 16.0 Å². The van der Waals surface area contributed by atoms with Crippen LogP contribution >= 0.6 is 0 Å². The summed E-state index contributed by atoms with van der Waals surface area (Å²) < 4.78 is 221. The van der Waals surface area contributed by atoms with Crippen molar-refractivity contribution in [3.05, 3.63) is 231 Å². The number of pyridine rings is 3. The van der Waals surface area contributed by atoms with Gasteiger partial charge in [0, 0.05) is 93.0 Å². The van der Waals surface area contributed by atoms with E-state index in [2.05, 4.69) is 30.9 Å². The number of rotatable bonds is 24. The molecule has 0 aliphatic heterocycles. The number of aryl methyl sites for hydroxylation is 3. The van der Waals surface area contributed by atoms with E-state index in [4.69, 9.17) is 29.0 Å². The average molecular weight is 1680 g/mol. The summed E-state index contributed by atoms with van der Waals surface area (Å²) in [5.74, 6) is -9.78. The Balaban J connectivity index is 0.000000205. The Morgan fingerprint density at radius 2 is 0.587 bits per heavy atom. The number of nitrogens with one attached hydrogen (secondary N) is 3. The minimum atomic E-state index is -4.51. The molecule has 3 unspecified atom stereocenters. The summed E-state index contributed by atoms with van der Waals surface area (Å²) in [7, 11) is 4.13. The van der Waals surface area contributed by atoms with Gasteiger partial charge in [0.05, 0.1) is 103 Å². The molecule has 6 aromatic heterocycles. The third-order valence-corrected chi connectivity index (χ3v) is 18.8. The second kappa shape index (κ2) is 38.3. The van der Waals surface area contributed by atoms with Gasteiger partial charge in [-0.1, -0.05) is 25.6 Å². The molecule has 33 heteroatoms. The fourth-order valence-electron chi connectivity index (χ4n) is 12.8. The van der Waals surface area contributed by atoms with E-state index >= 15 is 0 Å². The van der Waals surface area contributed by atoms with Crippen molar-refractivity contribution in [3.63, 3.8) is 0 Å². The van der Waals surface area contributed by atoms with Crippen molar-refractivity contribution < 1.29 is 108 Å². The van der Waals surface area contributed by atoms with Crippen LogP contribution in [0.4, 0.5) is 65.9 Å². The Kier molecular flexibility index (Phi) is 28.9. The second-order valence-electron chi connectivity index (χ2n) is 27.6. The molecular formula is C88H70F15N9O9. The standard InChI is InChI=1S/3C29H22F5N3O3.CH4/c3*1-15(14-35)11-24(38)20-12-17(5-8-22(20)31)19-13-21-25(27(39)36-2)26(16-3-6-18(30)7-4-16)40-28(21)37-23(19)9-10-29(32,33)34;/h3*3-8,12-13,15H,9-11H2,1-2H3,(H,36,39);1H4. The number of amides is 3. The Bertz CT molecular complexity index is 5490. The van der Waals surface area contributed by atoms with Gasteiger partial charge < -0.3 is 29.2 Å². The van der Waals surface area contributed by atoms with E-state index in [9.17, 15) is 94.6 Å². The highest BCUT2D eigenvalue weighted by Crippen LogP contribution is 2.43. The van der Waals surface area contributed by atoms with Gasteiger partial charge in [-0.2, -0.15) is 55.3 Å². The molecule has 0 radical (unpaired) electrons. The molecule has 6 aromatic carbocycles. The molecule has 0 fully saturated rings. The van der Waals surface area contributed by atoms with Crippen LogP contribution in [0.5, 0.6) is 0 Å². The first kappa shape index (κ1) is 91.1. The van der Waals surface area contributed by atoms with Crippen LogP contribution in [0.25, 0.3) is 101 Å². The van der Waals surface area contributed by atoms with Crippen molar-refractivity contribution in [2.45, 2.75) is 105 Å². The van der Waals surface area contributed by atoms with E-state index < -0.39 is 145 Å². The van der Waals surface area contributed by atoms with E-state index in [1.54, 1.807) is 0 Å². The second-order valence-corrected chi connectivity index (χ2v) is 27.6. The molecule has 0 aliphatic carbocycles.